The third-order valence-electron chi connectivity index (χ3n) is 4.71. The van der Waals surface area contributed by atoms with Gasteiger partial charge in [-0.1, -0.05) is 38.1 Å². The van der Waals surface area contributed by atoms with Gasteiger partial charge in [0.25, 0.3) is 0 Å². The van der Waals surface area contributed by atoms with Crippen molar-refractivity contribution in [3.63, 3.8) is 0 Å². The Morgan fingerprint density at radius 1 is 0.821 bits per heavy atom. The zero-order valence-electron chi connectivity index (χ0n) is 16.1. The van der Waals surface area contributed by atoms with Crippen LogP contribution in [0.4, 0.5) is 10.5 Å². The second-order valence-electron chi connectivity index (χ2n) is 6.94. The van der Waals surface area contributed by atoms with Crippen LogP contribution < -0.4 is 14.8 Å². The molecule has 5 heteroatoms. The fraction of sp³-hybridized carbons (Fsp3) is 0.174. The minimum Gasteiger partial charge on any atom is -0.508 e. The van der Waals surface area contributed by atoms with Crippen LogP contribution in [0.3, 0.4) is 0 Å². The molecule has 0 spiro atoms. The van der Waals surface area contributed by atoms with E-state index in [1.54, 1.807) is 55.6 Å². The lowest BCUT2D eigenvalue weighted by Gasteiger charge is -2.26. The average Bonchev–Trinajstić information content (AvgIpc) is 2.69. The number of ether oxygens (including phenoxy) is 2. The summed E-state index contributed by atoms with van der Waals surface area (Å²) < 4.78 is 10.4. The normalized spacial score (nSPS) is 11.0. The number of aromatic hydroxyl groups is 1. The van der Waals surface area contributed by atoms with Gasteiger partial charge in [0.05, 0.1) is 7.11 Å². The number of rotatable bonds is 5. The van der Waals surface area contributed by atoms with Gasteiger partial charge in [-0.3, -0.25) is 5.32 Å². The number of methoxy groups -OCH3 is 1. The molecule has 0 aliphatic rings. The van der Waals surface area contributed by atoms with E-state index >= 15 is 0 Å². The van der Waals surface area contributed by atoms with Crippen molar-refractivity contribution in [2.75, 3.05) is 12.4 Å². The molecule has 0 saturated carbocycles. The van der Waals surface area contributed by atoms with Crippen molar-refractivity contribution < 1.29 is 19.4 Å². The van der Waals surface area contributed by atoms with E-state index in [4.69, 9.17) is 9.47 Å². The Labute approximate surface area is 164 Å². The van der Waals surface area contributed by atoms with Gasteiger partial charge in [0, 0.05) is 11.1 Å². The van der Waals surface area contributed by atoms with Gasteiger partial charge in [-0.2, -0.15) is 0 Å². The average molecular weight is 377 g/mol. The summed E-state index contributed by atoms with van der Waals surface area (Å²) in [5.41, 5.74) is 2.52. The minimum atomic E-state index is -0.560. The van der Waals surface area contributed by atoms with E-state index in [0.29, 0.717) is 17.2 Å². The maximum Gasteiger partial charge on any atom is 0.417 e. The summed E-state index contributed by atoms with van der Waals surface area (Å²) in [6.07, 6.45) is -0.560. The number of carbonyl (C=O) groups excluding carboxylic acids is 1. The SMILES string of the molecule is COc1ccc(NC(=O)Oc2ccc(C(C)(C)c3ccc(O)cc3)cc2)cc1. The van der Waals surface area contributed by atoms with Gasteiger partial charge in [-0.15, -0.1) is 0 Å². The molecule has 0 aromatic heterocycles. The van der Waals surface area contributed by atoms with Crippen LogP contribution in [-0.2, 0) is 5.41 Å². The van der Waals surface area contributed by atoms with E-state index in [1.165, 1.54) is 0 Å². The molecule has 5 nitrogen and oxygen atoms in total. The molecule has 144 valence electrons. The standard InChI is InChI=1S/C23H23NO4/c1-23(2,16-4-10-19(25)11-5-16)17-6-12-21(13-7-17)28-22(26)24-18-8-14-20(27-3)15-9-18/h4-15,25H,1-3H3,(H,24,26). The van der Waals surface area contributed by atoms with Crippen LogP contribution in [0.5, 0.6) is 17.2 Å². The van der Waals surface area contributed by atoms with Gasteiger partial charge in [0.2, 0.25) is 0 Å². The van der Waals surface area contributed by atoms with Gasteiger partial charge in [-0.05, 0) is 59.7 Å². The lowest BCUT2D eigenvalue weighted by Crippen LogP contribution is -2.19. The summed E-state index contributed by atoms with van der Waals surface area (Å²) >= 11 is 0. The molecule has 28 heavy (non-hydrogen) atoms. The van der Waals surface area contributed by atoms with Gasteiger partial charge in [0.15, 0.2) is 0 Å². The van der Waals surface area contributed by atoms with Crippen molar-refractivity contribution in [1.82, 2.24) is 0 Å². The van der Waals surface area contributed by atoms with Crippen LogP contribution in [0.15, 0.2) is 72.8 Å². The summed E-state index contributed by atoms with van der Waals surface area (Å²) in [6.45, 7) is 4.21. The number of hydrogen-bond acceptors (Lipinski definition) is 4. The molecule has 0 unspecified atom stereocenters. The highest BCUT2D eigenvalue weighted by Crippen LogP contribution is 2.33. The summed E-state index contributed by atoms with van der Waals surface area (Å²) in [5, 5.41) is 12.2. The number of hydrogen-bond donors (Lipinski definition) is 2. The third-order valence-corrected chi connectivity index (χ3v) is 4.71. The fourth-order valence-electron chi connectivity index (χ4n) is 2.91. The Morgan fingerprint density at radius 2 is 1.32 bits per heavy atom. The Bertz CT molecular complexity index is 930. The summed E-state index contributed by atoms with van der Waals surface area (Å²) in [7, 11) is 1.59. The molecule has 0 aliphatic heterocycles. The number of benzene rings is 3. The van der Waals surface area contributed by atoms with Crippen molar-refractivity contribution in [2.24, 2.45) is 0 Å². The molecule has 0 fully saturated rings. The Balaban J connectivity index is 1.66. The maximum absolute atomic E-state index is 12.1. The predicted octanol–water partition coefficient (Wildman–Crippen LogP) is 5.34. The number of amides is 1. The highest BCUT2D eigenvalue weighted by Gasteiger charge is 2.23. The number of phenolic OH excluding ortho intramolecular Hbond substituents is 1. The number of phenols is 1. The van der Waals surface area contributed by atoms with Crippen LogP contribution in [0.25, 0.3) is 0 Å². The fourth-order valence-corrected chi connectivity index (χ4v) is 2.91. The first-order valence-electron chi connectivity index (χ1n) is 8.91. The second-order valence-corrected chi connectivity index (χ2v) is 6.94. The van der Waals surface area contributed by atoms with Crippen molar-refractivity contribution in [3.05, 3.63) is 83.9 Å². The largest absolute Gasteiger partial charge is 0.508 e. The molecule has 3 aromatic rings. The first-order chi connectivity index (χ1) is 13.4. The second kappa shape index (κ2) is 8.05. The van der Waals surface area contributed by atoms with E-state index in [1.807, 2.05) is 24.3 Å². The van der Waals surface area contributed by atoms with Gasteiger partial charge in [0.1, 0.15) is 17.2 Å². The lowest BCUT2D eigenvalue weighted by molar-refractivity contribution is 0.215. The predicted molar refractivity (Wildman–Crippen MR) is 109 cm³/mol. The van der Waals surface area contributed by atoms with Crippen LogP contribution in [0.2, 0.25) is 0 Å². The Hall–Kier alpha value is -3.47. The molecule has 0 saturated heterocycles. The highest BCUT2D eigenvalue weighted by molar-refractivity contribution is 5.86. The Morgan fingerprint density at radius 3 is 1.86 bits per heavy atom. The van der Waals surface area contributed by atoms with Crippen LogP contribution >= 0.6 is 0 Å². The summed E-state index contributed by atoms with van der Waals surface area (Å²) in [4.78, 5) is 12.1. The Kier molecular flexibility index (Phi) is 5.54. The molecule has 3 aromatic carbocycles. The van der Waals surface area contributed by atoms with Crippen molar-refractivity contribution >= 4 is 11.8 Å². The van der Waals surface area contributed by atoms with Gasteiger partial charge >= 0.3 is 6.09 Å². The van der Waals surface area contributed by atoms with Crippen LogP contribution in [-0.4, -0.2) is 18.3 Å². The molecule has 0 radical (unpaired) electrons. The number of nitrogens with one attached hydrogen (secondary N) is 1. The van der Waals surface area contributed by atoms with Crippen molar-refractivity contribution in [1.29, 1.82) is 0 Å². The number of carbonyl (C=O) groups is 1. The molecule has 0 atom stereocenters. The molecular formula is C23H23NO4. The van der Waals surface area contributed by atoms with Crippen molar-refractivity contribution in [2.45, 2.75) is 19.3 Å². The lowest BCUT2D eigenvalue weighted by atomic mass is 9.78. The molecule has 1 amide bonds. The van der Waals surface area contributed by atoms with Gasteiger partial charge in [-0.25, -0.2) is 4.79 Å². The first kappa shape index (κ1) is 19.3. The van der Waals surface area contributed by atoms with E-state index in [2.05, 4.69) is 19.2 Å². The van der Waals surface area contributed by atoms with E-state index in [9.17, 15) is 9.90 Å². The number of anilines is 1. The summed E-state index contributed by atoms with van der Waals surface area (Å²) in [6, 6.07) is 21.6. The maximum atomic E-state index is 12.1. The molecular weight excluding hydrogens is 354 g/mol. The van der Waals surface area contributed by atoms with E-state index in [0.717, 1.165) is 11.1 Å². The smallest absolute Gasteiger partial charge is 0.417 e. The third kappa shape index (κ3) is 4.43. The van der Waals surface area contributed by atoms with Crippen LogP contribution in [0.1, 0.15) is 25.0 Å². The molecule has 2 N–H and O–H groups in total. The zero-order valence-corrected chi connectivity index (χ0v) is 16.1. The van der Waals surface area contributed by atoms with E-state index in [-0.39, 0.29) is 11.2 Å². The molecule has 0 heterocycles. The molecule has 0 bridgehead atoms. The monoisotopic (exact) mass is 377 g/mol. The van der Waals surface area contributed by atoms with Crippen LogP contribution in [0, 0.1) is 0 Å². The minimum absolute atomic E-state index is 0.242. The van der Waals surface area contributed by atoms with E-state index < -0.39 is 6.09 Å². The van der Waals surface area contributed by atoms with Gasteiger partial charge < -0.3 is 14.6 Å². The quantitative estimate of drug-likeness (QED) is 0.630. The first-order valence-corrected chi connectivity index (χ1v) is 8.91. The topological polar surface area (TPSA) is 67.8 Å². The zero-order chi connectivity index (χ0) is 20.1. The summed E-state index contributed by atoms with van der Waals surface area (Å²) in [5.74, 6) is 1.41. The molecule has 0 aliphatic carbocycles. The molecule has 3 rings (SSSR count). The van der Waals surface area contributed by atoms with Crippen molar-refractivity contribution in [3.8, 4) is 17.2 Å². The highest BCUT2D eigenvalue weighted by atomic mass is 16.6.